The van der Waals surface area contributed by atoms with Gasteiger partial charge < -0.3 is 16.4 Å². The topological polar surface area (TPSA) is 155 Å². The van der Waals surface area contributed by atoms with Crippen LogP contribution in [0.2, 0.25) is 0 Å². The van der Waals surface area contributed by atoms with Crippen molar-refractivity contribution in [3.05, 3.63) is 100 Å². The molecule has 0 saturated heterocycles. The Morgan fingerprint density at radius 2 is 1.77 bits per heavy atom. The standard InChI is InChI=1S/C28H23F2N9O/c1-14(16-3-5-17(6-4-16)20-12-34-26-23(20)25(32)35-13-36-26)37-27-24(39-19(10-31)11-33-27)28(40)38-15(2)18-7-8-21(29)22(30)9-18/h3-9,11-15,20H,1-2H3,(H,33,37)(H,38,40)(H2,32,35,36)/t14-,15+,20?/m1/s1. The first-order chi connectivity index (χ1) is 19.2. The van der Waals surface area contributed by atoms with Gasteiger partial charge in [0.05, 0.1) is 29.8 Å². The highest BCUT2D eigenvalue weighted by molar-refractivity contribution is 5.97. The number of nitrogens with zero attached hydrogens (tertiary/aromatic N) is 6. The average Bonchev–Trinajstić information content (AvgIpc) is 3.40. The number of aliphatic imine (C=N–C) groups is 1. The van der Waals surface area contributed by atoms with Crippen molar-refractivity contribution in [3.8, 4) is 6.07 Å². The minimum Gasteiger partial charge on any atom is -0.383 e. The number of halogens is 2. The molecule has 3 heterocycles. The third kappa shape index (κ3) is 5.17. The van der Waals surface area contributed by atoms with E-state index in [1.165, 1.54) is 18.6 Å². The average molecular weight is 540 g/mol. The number of nitriles is 1. The van der Waals surface area contributed by atoms with Crippen LogP contribution in [0.4, 0.5) is 26.2 Å². The number of aromatic nitrogens is 4. The van der Waals surface area contributed by atoms with Gasteiger partial charge in [0.15, 0.2) is 34.7 Å². The summed E-state index contributed by atoms with van der Waals surface area (Å²) >= 11 is 0. The van der Waals surface area contributed by atoms with Gasteiger partial charge >= 0.3 is 0 Å². The third-order valence-electron chi connectivity index (χ3n) is 6.59. The fourth-order valence-electron chi connectivity index (χ4n) is 4.39. The number of hydrogen-bond donors (Lipinski definition) is 3. The number of anilines is 2. The second-order valence-electron chi connectivity index (χ2n) is 9.22. The van der Waals surface area contributed by atoms with Gasteiger partial charge in [-0.05, 0) is 42.7 Å². The molecule has 0 saturated carbocycles. The third-order valence-corrected chi connectivity index (χ3v) is 6.59. The molecule has 0 radical (unpaired) electrons. The van der Waals surface area contributed by atoms with E-state index in [1.54, 1.807) is 13.1 Å². The van der Waals surface area contributed by atoms with E-state index in [4.69, 9.17) is 5.73 Å². The fraction of sp³-hybridized carbons (Fsp3) is 0.179. The first-order valence-electron chi connectivity index (χ1n) is 12.3. The maximum absolute atomic E-state index is 13.7. The smallest absolute Gasteiger partial charge is 0.274 e. The van der Waals surface area contributed by atoms with E-state index in [0.29, 0.717) is 17.2 Å². The van der Waals surface area contributed by atoms with Crippen LogP contribution >= 0.6 is 0 Å². The van der Waals surface area contributed by atoms with Gasteiger partial charge in [0, 0.05) is 6.21 Å². The van der Waals surface area contributed by atoms with Gasteiger partial charge in [0.1, 0.15) is 18.2 Å². The highest BCUT2D eigenvalue weighted by Gasteiger charge is 2.26. The van der Waals surface area contributed by atoms with Crippen LogP contribution in [0.5, 0.6) is 0 Å². The molecule has 1 aliphatic heterocycles. The largest absolute Gasteiger partial charge is 0.383 e. The summed E-state index contributed by atoms with van der Waals surface area (Å²) in [4.78, 5) is 34.1. The van der Waals surface area contributed by atoms with Gasteiger partial charge in [-0.15, -0.1) is 0 Å². The Morgan fingerprint density at radius 1 is 1.02 bits per heavy atom. The van der Waals surface area contributed by atoms with Gasteiger partial charge in [0.2, 0.25) is 0 Å². The molecule has 1 amide bonds. The summed E-state index contributed by atoms with van der Waals surface area (Å²) in [5.74, 6) is -1.70. The fourth-order valence-corrected chi connectivity index (χ4v) is 4.39. The molecule has 40 heavy (non-hydrogen) atoms. The molecule has 10 nitrogen and oxygen atoms in total. The molecule has 1 aliphatic rings. The van der Waals surface area contributed by atoms with Gasteiger partial charge in [-0.2, -0.15) is 5.26 Å². The summed E-state index contributed by atoms with van der Waals surface area (Å²) in [7, 11) is 0. The Labute approximate surface area is 228 Å². The number of nitrogen functional groups attached to an aromatic ring is 1. The maximum Gasteiger partial charge on any atom is 0.274 e. The predicted molar refractivity (Wildman–Crippen MR) is 144 cm³/mol. The molecule has 0 fully saturated rings. The number of nitrogens with one attached hydrogen (secondary N) is 2. The van der Waals surface area contributed by atoms with Crippen LogP contribution in [0.15, 0.2) is 60.0 Å². The molecule has 0 aliphatic carbocycles. The Bertz CT molecular complexity index is 1670. The number of hydrogen-bond acceptors (Lipinski definition) is 9. The number of rotatable bonds is 7. The molecule has 12 heteroatoms. The molecule has 3 atom stereocenters. The van der Waals surface area contributed by atoms with Crippen LogP contribution in [-0.2, 0) is 0 Å². The molecule has 200 valence electrons. The van der Waals surface area contributed by atoms with E-state index >= 15 is 0 Å². The van der Waals surface area contributed by atoms with E-state index in [1.807, 2.05) is 37.3 Å². The lowest BCUT2D eigenvalue weighted by Crippen LogP contribution is -2.29. The number of amides is 1. The lowest BCUT2D eigenvalue weighted by Gasteiger charge is -2.19. The number of fused-ring (bicyclic) bond motifs is 1. The van der Waals surface area contributed by atoms with Crippen LogP contribution in [-0.4, -0.2) is 32.1 Å². The summed E-state index contributed by atoms with van der Waals surface area (Å²) in [5.41, 5.74) is 8.89. The van der Waals surface area contributed by atoms with Crippen molar-refractivity contribution in [1.82, 2.24) is 25.3 Å². The highest BCUT2D eigenvalue weighted by atomic mass is 19.2. The van der Waals surface area contributed by atoms with E-state index in [9.17, 15) is 18.8 Å². The molecule has 2 aromatic carbocycles. The maximum atomic E-state index is 13.7. The Balaban J connectivity index is 1.34. The molecule has 2 aromatic heterocycles. The first kappa shape index (κ1) is 26.3. The Hall–Kier alpha value is -5.31. The minimum absolute atomic E-state index is 0.0463. The second-order valence-corrected chi connectivity index (χ2v) is 9.22. The van der Waals surface area contributed by atoms with Gasteiger partial charge in [-0.25, -0.2) is 33.7 Å². The molecule has 0 spiro atoms. The molecule has 1 unspecified atom stereocenters. The summed E-state index contributed by atoms with van der Waals surface area (Å²) in [5, 5.41) is 15.2. The molecule has 0 bridgehead atoms. The lowest BCUT2D eigenvalue weighted by atomic mass is 9.93. The zero-order valence-electron chi connectivity index (χ0n) is 21.4. The summed E-state index contributed by atoms with van der Waals surface area (Å²) in [6.07, 6.45) is 4.43. The van der Waals surface area contributed by atoms with E-state index in [-0.39, 0.29) is 29.2 Å². The molecule has 4 N–H and O–H groups in total. The number of benzene rings is 2. The number of carbonyl (C=O) groups is 1. The van der Waals surface area contributed by atoms with Crippen molar-refractivity contribution >= 4 is 29.6 Å². The molecule has 4 aromatic rings. The van der Waals surface area contributed by atoms with E-state index in [2.05, 4.69) is 35.6 Å². The van der Waals surface area contributed by atoms with Crippen molar-refractivity contribution in [3.63, 3.8) is 0 Å². The Kier molecular flexibility index (Phi) is 7.11. The SMILES string of the molecule is C[C@H](NC(=O)c1nc(C#N)cnc1N[C@H](C)c1ccc(C2C=Nc3ncnc(N)c32)cc1)c1ccc(F)c(F)c1. The highest BCUT2D eigenvalue weighted by Crippen LogP contribution is 2.37. The molecule has 5 rings (SSSR count). The predicted octanol–water partition coefficient (Wildman–Crippen LogP) is 4.51. The van der Waals surface area contributed by atoms with E-state index < -0.39 is 23.6 Å². The minimum atomic E-state index is -1.02. The molecular weight excluding hydrogens is 516 g/mol. The second kappa shape index (κ2) is 10.8. The zero-order chi connectivity index (χ0) is 28.4. The lowest BCUT2D eigenvalue weighted by molar-refractivity contribution is 0.0935. The molecular formula is C28H23F2N9O. The normalized spacial score (nSPS) is 15.1. The van der Waals surface area contributed by atoms with Crippen molar-refractivity contribution in [2.75, 3.05) is 11.1 Å². The van der Waals surface area contributed by atoms with Crippen LogP contribution in [0.1, 0.15) is 70.3 Å². The number of carbonyl (C=O) groups excluding carboxylic acids is 1. The summed E-state index contributed by atoms with van der Waals surface area (Å²) < 4.78 is 27.0. The Morgan fingerprint density at radius 3 is 2.50 bits per heavy atom. The quantitative estimate of drug-likeness (QED) is 0.310. The van der Waals surface area contributed by atoms with Crippen LogP contribution in [0.25, 0.3) is 0 Å². The van der Waals surface area contributed by atoms with Gasteiger partial charge in [-0.3, -0.25) is 4.79 Å². The van der Waals surface area contributed by atoms with Crippen molar-refractivity contribution < 1.29 is 13.6 Å². The van der Waals surface area contributed by atoms with Crippen molar-refractivity contribution in [1.29, 1.82) is 5.26 Å². The van der Waals surface area contributed by atoms with Crippen LogP contribution in [0.3, 0.4) is 0 Å². The van der Waals surface area contributed by atoms with Crippen LogP contribution < -0.4 is 16.4 Å². The van der Waals surface area contributed by atoms with Gasteiger partial charge in [-0.1, -0.05) is 30.3 Å². The van der Waals surface area contributed by atoms with E-state index in [0.717, 1.165) is 28.8 Å². The summed E-state index contributed by atoms with van der Waals surface area (Å²) in [6.45, 7) is 3.51. The van der Waals surface area contributed by atoms with Gasteiger partial charge in [0.25, 0.3) is 5.91 Å². The monoisotopic (exact) mass is 539 g/mol. The van der Waals surface area contributed by atoms with Crippen molar-refractivity contribution in [2.24, 2.45) is 4.99 Å². The zero-order valence-corrected chi connectivity index (χ0v) is 21.4. The number of nitrogens with two attached hydrogens (primary N) is 1. The first-order valence-corrected chi connectivity index (χ1v) is 12.3. The van der Waals surface area contributed by atoms with Crippen molar-refractivity contribution in [2.45, 2.75) is 31.8 Å². The van der Waals surface area contributed by atoms with Crippen LogP contribution in [0, 0.1) is 23.0 Å². The summed E-state index contributed by atoms with van der Waals surface area (Å²) in [6, 6.07) is 12.1.